The standard InChI is InChI=1S/C16H21N3O2/c1-10(2)15(20)17-6-7-18-16(21)14-9-12-5-4-11(3)8-13(12)19-14/h4-5,8-10,19H,6-7H2,1-3H3,(H,17,20)(H,18,21). The fraction of sp³-hybridized carbons (Fsp3) is 0.375. The van der Waals surface area contributed by atoms with Crippen LogP contribution in [0, 0.1) is 12.8 Å². The van der Waals surface area contributed by atoms with Crippen molar-refractivity contribution in [1.29, 1.82) is 0 Å². The van der Waals surface area contributed by atoms with Gasteiger partial charge in [-0.2, -0.15) is 0 Å². The van der Waals surface area contributed by atoms with Gasteiger partial charge >= 0.3 is 0 Å². The van der Waals surface area contributed by atoms with Gasteiger partial charge in [0.05, 0.1) is 0 Å². The van der Waals surface area contributed by atoms with Crippen molar-refractivity contribution in [2.24, 2.45) is 5.92 Å². The average molecular weight is 287 g/mol. The van der Waals surface area contributed by atoms with E-state index in [1.165, 1.54) is 0 Å². The number of aromatic amines is 1. The summed E-state index contributed by atoms with van der Waals surface area (Å²) in [5.41, 5.74) is 2.63. The van der Waals surface area contributed by atoms with Crippen LogP contribution in [0.1, 0.15) is 29.9 Å². The maximum Gasteiger partial charge on any atom is 0.267 e. The number of aromatic nitrogens is 1. The van der Waals surface area contributed by atoms with E-state index in [4.69, 9.17) is 0 Å². The molecule has 1 aromatic carbocycles. The first kappa shape index (κ1) is 15.1. The van der Waals surface area contributed by atoms with Gasteiger partial charge in [0.2, 0.25) is 5.91 Å². The van der Waals surface area contributed by atoms with Crippen molar-refractivity contribution >= 4 is 22.7 Å². The number of hydrogen-bond donors (Lipinski definition) is 3. The van der Waals surface area contributed by atoms with Crippen LogP contribution in [-0.4, -0.2) is 29.9 Å². The van der Waals surface area contributed by atoms with Crippen LogP contribution < -0.4 is 10.6 Å². The quantitative estimate of drug-likeness (QED) is 0.736. The van der Waals surface area contributed by atoms with Crippen LogP contribution in [0.25, 0.3) is 10.9 Å². The van der Waals surface area contributed by atoms with E-state index < -0.39 is 0 Å². The van der Waals surface area contributed by atoms with E-state index in [1.807, 2.05) is 45.0 Å². The molecule has 1 heterocycles. The number of hydrogen-bond acceptors (Lipinski definition) is 2. The Morgan fingerprint density at radius 3 is 2.57 bits per heavy atom. The summed E-state index contributed by atoms with van der Waals surface area (Å²) >= 11 is 0. The summed E-state index contributed by atoms with van der Waals surface area (Å²) in [6.07, 6.45) is 0. The zero-order valence-corrected chi connectivity index (χ0v) is 12.6. The fourth-order valence-electron chi connectivity index (χ4n) is 2.02. The Morgan fingerprint density at radius 2 is 1.86 bits per heavy atom. The third kappa shape index (κ3) is 3.84. The third-order valence-electron chi connectivity index (χ3n) is 3.26. The molecule has 0 fully saturated rings. The fourth-order valence-corrected chi connectivity index (χ4v) is 2.02. The summed E-state index contributed by atoms with van der Waals surface area (Å²) in [5, 5.41) is 6.56. The van der Waals surface area contributed by atoms with Crippen molar-refractivity contribution in [3.05, 3.63) is 35.5 Å². The minimum Gasteiger partial charge on any atom is -0.354 e. The predicted octanol–water partition coefficient (Wildman–Crippen LogP) is 1.98. The first-order valence-electron chi connectivity index (χ1n) is 7.12. The molecular weight excluding hydrogens is 266 g/mol. The van der Waals surface area contributed by atoms with Crippen LogP contribution in [0.5, 0.6) is 0 Å². The van der Waals surface area contributed by atoms with Gasteiger partial charge in [-0.1, -0.05) is 26.0 Å². The van der Waals surface area contributed by atoms with Gasteiger partial charge in [0.1, 0.15) is 5.69 Å². The number of carbonyl (C=O) groups is 2. The van der Waals surface area contributed by atoms with Crippen molar-refractivity contribution in [2.75, 3.05) is 13.1 Å². The van der Waals surface area contributed by atoms with Crippen molar-refractivity contribution in [3.8, 4) is 0 Å². The number of carbonyl (C=O) groups excluding carboxylic acids is 2. The van der Waals surface area contributed by atoms with E-state index in [-0.39, 0.29) is 17.7 Å². The van der Waals surface area contributed by atoms with Crippen molar-refractivity contribution in [3.63, 3.8) is 0 Å². The van der Waals surface area contributed by atoms with Gasteiger partial charge in [-0.15, -0.1) is 0 Å². The molecule has 5 heteroatoms. The molecule has 1 aromatic heterocycles. The van der Waals surface area contributed by atoms with Gasteiger partial charge in [0.15, 0.2) is 0 Å². The van der Waals surface area contributed by atoms with E-state index in [2.05, 4.69) is 15.6 Å². The number of benzene rings is 1. The van der Waals surface area contributed by atoms with Gasteiger partial charge in [-0.3, -0.25) is 9.59 Å². The minimum atomic E-state index is -0.164. The molecule has 0 bridgehead atoms. The highest BCUT2D eigenvalue weighted by Gasteiger charge is 2.09. The van der Waals surface area contributed by atoms with E-state index in [9.17, 15) is 9.59 Å². The first-order valence-corrected chi connectivity index (χ1v) is 7.12. The lowest BCUT2D eigenvalue weighted by Gasteiger charge is -2.08. The summed E-state index contributed by atoms with van der Waals surface area (Å²) in [6, 6.07) is 7.84. The molecular formula is C16H21N3O2. The Bertz CT molecular complexity index is 659. The lowest BCUT2D eigenvalue weighted by atomic mass is 10.2. The van der Waals surface area contributed by atoms with E-state index in [0.717, 1.165) is 16.5 Å². The molecule has 0 radical (unpaired) electrons. The molecule has 0 spiro atoms. The number of nitrogens with one attached hydrogen (secondary N) is 3. The minimum absolute atomic E-state index is 0.00895. The Hall–Kier alpha value is -2.30. The normalized spacial score (nSPS) is 10.9. The second-order valence-corrected chi connectivity index (χ2v) is 5.48. The van der Waals surface area contributed by atoms with Crippen molar-refractivity contribution < 1.29 is 9.59 Å². The molecule has 0 aliphatic carbocycles. The Morgan fingerprint density at radius 1 is 1.14 bits per heavy atom. The number of rotatable bonds is 5. The zero-order valence-electron chi connectivity index (χ0n) is 12.6. The predicted molar refractivity (Wildman–Crippen MR) is 83.2 cm³/mol. The third-order valence-corrected chi connectivity index (χ3v) is 3.26. The van der Waals surface area contributed by atoms with E-state index >= 15 is 0 Å². The van der Waals surface area contributed by atoms with Gasteiger partial charge in [-0.05, 0) is 24.6 Å². The van der Waals surface area contributed by atoms with Crippen molar-refractivity contribution in [2.45, 2.75) is 20.8 Å². The number of fused-ring (bicyclic) bond motifs is 1. The lowest BCUT2D eigenvalue weighted by Crippen LogP contribution is -2.36. The molecule has 0 unspecified atom stereocenters. The van der Waals surface area contributed by atoms with Crippen LogP contribution in [0.4, 0.5) is 0 Å². The lowest BCUT2D eigenvalue weighted by molar-refractivity contribution is -0.123. The smallest absolute Gasteiger partial charge is 0.267 e. The Balaban J connectivity index is 1.89. The Labute approximate surface area is 124 Å². The molecule has 2 aromatic rings. The van der Waals surface area contributed by atoms with Crippen LogP contribution in [0.2, 0.25) is 0 Å². The second kappa shape index (κ2) is 6.43. The van der Waals surface area contributed by atoms with E-state index in [1.54, 1.807) is 0 Å². The summed E-state index contributed by atoms with van der Waals surface area (Å²) in [5.74, 6) is -0.217. The van der Waals surface area contributed by atoms with Gasteiger partial charge in [0.25, 0.3) is 5.91 Å². The molecule has 5 nitrogen and oxygen atoms in total. The molecule has 2 rings (SSSR count). The summed E-state index contributed by atoms with van der Waals surface area (Å²) in [4.78, 5) is 26.5. The molecule has 0 atom stereocenters. The van der Waals surface area contributed by atoms with Crippen molar-refractivity contribution in [1.82, 2.24) is 15.6 Å². The summed E-state index contributed by atoms with van der Waals surface area (Å²) in [6.45, 7) is 6.52. The molecule has 3 N–H and O–H groups in total. The first-order chi connectivity index (χ1) is 9.97. The monoisotopic (exact) mass is 287 g/mol. The van der Waals surface area contributed by atoms with Gasteiger partial charge < -0.3 is 15.6 Å². The molecule has 0 saturated carbocycles. The van der Waals surface area contributed by atoms with E-state index in [0.29, 0.717) is 18.8 Å². The highest BCUT2D eigenvalue weighted by molar-refractivity contribution is 5.98. The largest absolute Gasteiger partial charge is 0.354 e. The molecule has 0 saturated heterocycles. The number of H-pyrrole nitrogens is 1. The van der Waals surface area contributed by atoms with Gasteiger partial charge in [0, 0.05) is 29.9 Å². The summed E-state index contributed by atoms with van der Waals surface area (Å²) < 4.78 is 0. The maximum absolute atomic E-state index is 12.0. The average Bonchev–Trinajstić information content (AvgIpc) is 2.85. The highest BCUT2D eigenvalue weighted by Crippen LogP contribution is 2.16. The number of aryl methyl sites for hydroxylation is 1. The topological polar surface area (TPSA) is 74.0 Å². The maximum atomic E-state index is 12.0. The van der Waals surface area contributed by atoms with Gasteiger partial charge in [-0.25, -0.2) is 0 Å². The second-order valence-electron chi connectivity index (χ2n) is 5.48. The van der Waals surface area contributed by atoms with Crippen LogP contribution in [0.15, 0.2) is 24.3 Å². The number of amides is 2. The molecule has 21 heavy (non-hydrogen) atoms. The molecule has 0 aliphatic rings. The van der Waals surface area contributed by atoms with Crippen LogP contribution in [0.3, 0.4) is 0 Å². The molecule has 112 valence electrons. The molecule has 0 aliphatic heterocycles. The highest BCUT2D eigenvalue weighted by atomic mass is 16.2. The summed E-state index contributed by atoms with van der Waals surface area (Å²) in [7, 11) is 0. The SMILES string of the molecule is Cc1ccc2cc(C(=O)NCCNC(=O)C(C)C)[nH]c2c1. The zero-order chi connectivity index (χ0) is 15.4. The Kier molecular flexibility index (Phi) is 4.62. The van der Waals surface area contributed by atoms with Crippen LogP contribution >= 0.6 is 0 Å². The van der Waals surface area contributed by atoms with Crippen LogP contribution in [-0.2, 0) is 4.79 Å². The molecule has 2 amide bonds.